The van der Waals surface area contributed by atoms with Gasteiger partial charge in [-0.15, -0.1) is 0 Å². The molecule has 0 aliphatic heterocycles. The van der Waals surface area contributed by atoms with Crippen LogP contribution in [0.15, 0.2) is 36.4 Å². The van der Waals surface area contributed by atoms with Gasteiger partial charge in [-0.25, -0.2) is 0 Å². The van der Waals surface area contributed by atoms with Crippen LogP contribution >= 0.6 is 0 Å². The van der Waals surface area contributed by atoms with Gasteiger partial charge in [0.05, 0.1) is 13.7 Å². The third-order valence-electron chi connectivity index (χ3n) is 3.39. The second kappa shape index (κ2) is 7.07. The summed E-state index contributed by atoms with van der Waals surface area (Å²) >= 11 is 0. The van der Waals surface area contributed by atoms with E-state index in [0.717, 1.165) is 23.3 Å². The van der Waals surface area contributed by atoms with Crippen LogP contribution in [-0.4, -0.2) is 23.9 Å². The molecular weight excluding hydrogens is 280 g/mol. The van der Waals surface area contributed by atoms with E-state index in [0.29, 0.717) is 18.3 Å². The normalized spacial score (nSPS) is 10.7. The summed E-state index contributed by atoms with van der Waals surface area (Å²) in [6.45, 7) is 4.95. The Kier molecular flexibility index (Phi) is 5.15. The molecule has 4 heteroatoms. The van der Waals surface area contributed by atoms with Crippen LogP contribution in [0.5, 0.6) is 23.0 Å². The predicted molar refractivity (Wildman–Crippen MR) is 86.7 cm³/mol. The highest BCUT2D eigenvalue weighted by atomic mass is 16.5. The highest BCUT2D eigenvalue weighted by Crippen LogP contribution is 2.34. The van der Waals surface area contributed by atoms with Gasteiger partial charge in [0.1, 0.15) is 11.5 Å². The monoisotopic (exact) mass is 302 g/mol. The molecule has 0 unspecified atom stereocenters. The molecule has 0 aliphatic rings. The van der Waals surface area contributed by atoms with Gasteiger partial charge in [-0.3, -0.25) is 0 Å². The van der Waals surface area contributed by atoms with E-state index in [9.17, 15) is 10.2 Å². The second-order valence-corrected chi connectivity index (χ2v) is 5.63. The molecule has 0 radical (unpaired) electrons. The molecule has 0 amide bonds. The van der Waals surface area contributed by atoms with E-state index in [2.05, 4.69) is 13.8 Å². The van der Waals surface area contributed by atoms with Gasteiger partial charge in [0.15, 0.2) is 11.5 Å². The Hall–Kier alpha value is -2.36. The molecule has 2 aromatic carbocycles. The standard InChI is InChI=1S/C18H22O4/c1-12(2)6-7-22-16-9-14(8-15(11-16)21-3)13-4-5-17(19)18(20)10-13/h4-5,8-12,19-20H,6-7H2,1-3H3. The van der Waals surface area contributed by atoms with E-state index >= 15 is 0 Å². The maximum absolute atomic E-state index is 9.65. The number of hydrogen-bond donors (Lipinski definition) is 2. The molecule has 0 atom stereocenters. The third-order valence-corrected chi connectivity index (χ3v) is 3.39. The number of aromatic hydroxyl groups is 2. The van der Waals surface area contributed by atoms with Gasteiger partial charge < -0.3 is 19.7 Å². The van der Waals surface area contributed by atoms with Crippen LogP contribution in [-0.2, 0) is 0 Å². The Morgan fingerprint density at radius 3 is 2.27 bits per heavy atom. The van der Waals surface area contributed by atoms with Crippen molar-refractivity contribution in [3.63, 3.8) is 0 Å². The molecule has 118 valence electrons. The lowest BCUT2D eigenvalue weighted by molar-refractivity contribution is 0.288. The van der Waals surface area contributed by atoms with Gasteiger partial charge in [-0.05, 0) is 47.7 Å². The van der Waals surface area contributed by atoms with Crippen molar-refractivity contribution in [2.24, 2.45) is 5.92 Å². The first-order chi connectivity index (χ1) is 10.5. The van der Waals surface area contributed by atoms with Crippen LogP contribution in [0, 0.1) is 5.92 Å². The van der Waals surface area contributed by atoms with Crippen LogP contribution in [0.2, 0.25) is 0 Å². The van der Waals surface area contributed by atoms with Gasteiger partial charge in [0.2, 0.25) is 0 Å². The molecule has 22 heavy (non-hydrogen) atoms. The van der Waals surface area contributed by atoms with Gasteiger partial charge >= 0.3 is 0 Å². The molecule has 0 fully saturated rings. The lowest BCUT2D eigenvalue weighted by atomic mass is 10.0. The van der Waals surface area contributed by atoms with Crippen molar-refractivity contribution in [3.05, 3.63) is 36.4 Å². The van der Waals surface area contributed by atoms with E-state index in [1.807, 2.05) is 18.2 Å². The summed E-state index contributed by atoms with van der Waals surface area (Å²) in [5.41, 5.74) is 1.64. The van der Waals surface area contributed by atoms with Crippen molar-refractivity contribution in [2.75, 3.05) is 13.7 Å². The fourth-order valence-electron chi connectivity index (χ4n) is 2.06. The van der Waals surface area contributed by atoms with E-state index in [1.165, 1.54) is 12.1 Å². The molecule has 4 nitrogen and oxygen atoms in total. The van der Waals surface area contributed by atoms with Crippen LogP contribution in [0.1, 0.15) is 20.3 Å². The molecule has 0 spiro atoms. The van der Waals surface area contributed by atoms with Crippen LogP contribution in [0.25, 0.3) is 11.1 Å². The van der Waals surface area contributed by atoms with E-state index in [-0.39, 0.29) is 11.5 Å². The van der Waals surface area contributed by atoms with Crippen molar-refractivity contribution in [1.29, 1.82) is 0 Å². The van der Waals surface area contributed by atoms with Crippen molar-refractivity contribution >= 4 is 0 Å². The predicted octanol–water partition coefficient (Wildman–Crippen LogP) is 4.20. The summed E-state index contributed by atoms with van der Waals surface area (Å²) in [5, 5.41) is 19.1. The minimum Gasteiger partial charge on any atom is -0.504 e. The Labute approximate surface area is 130 Å². The Morgan fingerprint density at radius 2 is 1.64 bits per heavy atom. The smallest absolute Gasteiger partial charge is 0.158 e. The zero-order chi connectivity index (χ0) is 16.1. The molecule has 0 saturated heterocycles. The number of benzene rings is 2. The molecule has 0 aliphatic carbocycles. The number of hydrogen-bond acceptors (Lipinski definition) is 4. The quantitative estimate of drug-likeness (QED) is 0.785. The molecule has 0 aromatic heterocycles. The maximum atomic E-state index is 9.65. The topological polar surface area (TPSA) is 58.9 Å². The van der Waals surface area contributed by atoms with Gasteiger partial charge in [-0.1, -0.05) is 19.9 Å². The van der Waals surface area contributed by atoms with Crippen molar-refractivity contribution in [2.45, 2.75) is 20.3 Å². The SMILES string of the molecule is COc1cc(OCCC(C)C)cc(-c2ccc(O)c(O)c2)c1. The molecular formula is C18H22O4. The Balaban J connectivity index is 2.28. The number of methoxy groups -OCH3 is 1. The van der Waals surface area contributed by atoms with Gasteiger partial charge in [0.25, 0.3) is 0 Å². The summed E-state index contributed by atoms with van der Waals surface area (Å²) in [5.74, 6) is 1.70. The Morgan fingerprint density at radius 1 is 0.909 bits per heavy atom. The number of ether oxygens (including phenoxy) is 2. The van der Waals surface area contributed by atoms with Gasteiger partial charge in [-0.2, -0.15) is 0 Å². The van der Waals surface area contributed by atoms with Crippen molar-refractivity contribution in [1.82, 2.24) is 0 Å². The Bertz CT molecular complexity index is 635. The first-order valence-corrected chi connectivity index (χ1v) is 7.34. The highest BCUT2D eigenvalue weighted by molar-refractivity contribution is 5.69. The molecule has 2 N–H and O–H groups in total. The van der Waals surface area contributed by atoms with Crippen LogP contribution in [0.4, 0.5) is 0 Å². The summed E-state index contributed by atoms with van der Waals surface area (Å²) in [6.07, 6.45) is 0.979. The molecule has 0 bridgehead atoms. The number of phenols is 2. The molecule has 2 aromatic rings. The number of phenolic OH excluding ortho intramolecular Hbond substituents is 2. The second-order valence-electron chi connectivity index (χ2n) is 5.63. The van der Waals surface area contributed by atoms with Crippen LogP contribution in [0.3, 0.4) is 0 Å². The zero-order valence-corrected chi connectivity index (χ0v) is 13.2. The summed E-state index contributed by atoms with van der Waals surface area (Å²) in [4.78, 5) is 0. The van der Waals surface area contributed by atoms with E-state index < -0.39 is 0 Å². The maximum Gasteiger partial charge on any atom is 0.158 e. The van der Waals surface area contributed by atoms with Crippen molar-refractivity contribution < 1.29 is 19.7 Å². The average Bonchev–Trinajstić information content (AvgIpc) is 2.49. The van der Waals surface area contributed by atoms with Crippen molar-refractivity contribution in [3.8, 4) is 34.1 Å². The van der Waals surface area contributed by atoms with Crippen LogP contribution < -0.4 is 9.47 Å². The molecule has 0 heterocycles. The number of rotatable bonds is 6. The lowest BCUT2D eigenvalue weighted by Gasteiger charge is -2.12. The summed E-state index contributed by atoms with van der Waals surface area (Å²) < 4.78 is 11.1. The van der Waals surface area contributed by atoms with E-state index in [1.54, 1.807) is 13.2 Å². The zero-order valence-electron chi connectivity index (χ0n) is 13.2. The first kappa shape index (κ1) is 16.0. The van der Waals surface area contributed by atoms with Gasteiger partial charge in [0, 0.05) is 6.07 Å². The lowest BCUT2D eigenvalue weighted by Crippen LogP contribution is -2.01. The third kappa shape index (κ3) is 4.07. The fraction of sp³-hybridized carbons (Fsp3) is 0.333. The van der Waals surface area contributed by atoms with E-state index in [4.69, 9.17) is 9.47 Å². The largest absolute Gasteiger partial charge is 0.504 e. The first-order valence-electron chi connectivity index (χ1n) is 7.34. The minimum absolute atomic E-state index is 0.139. The average molecular weight is 302 g/mol. The fourth-order valence-corrected chi connectivity index (χ4v) is 2.06. The summed E-state index contributed by atoms with van der Waals surface area (Å²) in [7, 11) is 1.60. The molecule has 2 rings (SSSR count). The summed E-state index contributed by atoms with van der Waals surface area (Å²) in [6, 6.07) is 10.3. The highest BCUT2D eigenvalue weighted by Gasteiger charge is 2.08. The molecule has 0 saturated carbocycles. The minimum atomic E-state index is -0.150.